The van der Waals surface area contributed by atoms with E-state index in [9.17, 15) is 14.7 Å². The molecule has 0 bridgehead atoms. The zero-order valence-corrected chi connectivity index (χ0v) is 11.0. The minimum Gasteiger partial charge on any atom is -0.481 e. The molecule has 0 saturated carbocycles. The van der Waals surface area contributed by atoms with Gasteiger partial charge in [-0.05, 0) is 19.1 Å². The summed E-state index contributed by atoms with van der Waals surface area (Å²) < 4.78 is 10.5. The van der Waals surface area contributed by atoms with E-state index in [1.165, 1.54) is 4.90 Å². The van der Waals surface area contributed by atoms with Gasteiger partial charge >= 0.3 is 5.97 Å². The topological polar surface area (TPSA) is 80.0 Å². The standard InChI is InChI=1S/C13H17NO5/c1-8-3-4-10(19-8)12-9(13(16)17)7-11(15)14(12)5-6-18-2/h3-4,9,12H,5-7H2,1-2H3,(H,16,17). The molecule has 2 atom stereocenters. The van der Waals surface area contributed by atoms with Crippen LogP contribution in [0.2, 0.25) is 0 Å². The summed E-state index contributed by atoms with van der Waals surface area (Å²) in [7, 11) is 1.54. The van der Waals surface area contributed by atoms with E-state index in [0.717, 1.165) is 0 Å². The van der Waals surface area contributed by atoms with Crippen LogP contribution in [0.1, 0.15) is 24.0 Å². The van der Waals surface area contributed by atoms with Gasteiger partial charge in [0.2, 0.25) is 5.91 Å². The van der Waals surface area contributed by atoms with Gasteiger partial charge in [-0.2, -0.15) is 0 Å². The van der Waals surface area contributed by atoms with Crippen molar-refractivity contribution in [3.05, 3.63) is 23.7 Å². The Hall–Kier alpha value is -1.82. The van der Waals surface area contributed by atoms with E-state index in [1.807, 2.05) is 0 Å². The van der Waals surface area contributed by atoms with Crippen LogP contribution in [-0.2, 0) is 14.3 Å². The van der Waals surface area contributed by atoms with Gasteiger partial charge in [0, 0.05) is 20.1 Å². The monoisotopic (exact) mass is 267 g/mol. The number of aryl methyl sites for hydroxylation is 1. The number of hydrogen-bond donors (Lipinski definition) is 1. The van der Waals surface area contributed by atoms with Gasteiger partial charge in [-0.25, -0.2) is 0 Å². The second kappa shape index (κ2) is 5.44. The van der Waals surface area contributed by atoms with Crippen LogP contribution in [0, 0.1) is 12.8 Å². The Labute approximate surface area is 110 Å². The number of carbonyl (C=O) groups is 2. The molecule has 1 N–H and O–H groups in total. The van der Waals surface area contributed by atoms with Crippen molar-refractivity contribution in [2.45, 2.75) is 19.4 Å². The molecule has 104 valence electrons. The SMILES string of the molecule is COCCN1C(=O)CC(C(=O)O)C1c1ccc(C)o1. The lowest BCUT2D eigenvalue weighted by Crippen LogP contribution is -2.33. The summed E-state index contributed by atoms with van der Waals surface area (Å²) in [6.45, 7) is 2.52. The van der Waals surface area contributed by atoms with E-state index >= 15 is 0 Å². The van der Waals surface area contributed by atoms with Crippen LogP contribution >= 0.6 is 0 Å². The van der Waals surface area contributed by atoms with Crippen LogP contribution in [0.3, 0.4) is 0 Å². The number of nitrogens with zero attached hydrogens (tertiary/aromatic N) is 1. The quantitative estimate of drug-likeness (QED) is 0.867. The molecular weight excluding hydrogens is 250 g/mol. The molecule has 1 aromatic rings. The molecule has 2 heterocycles. The van der Waals surface area contributed by atoms with Gasteiger partial charge in [-0.15, -0.1) is 0 Å². The smallest absolute Gasteiger partial charge is 0.309 e. The van der Waals surface area contributed by atoms with Crippen molar-refractivity contribution in [3.63, 3.8) is 0 Å². The fraction of sp³-hybridized carbons (Fsp3) is 0.538. The summed E-state index contributed by atoms with van der Waals surface area (Å²) in [5.74, 6) is -0.706. The Bertz CT molecular complexity index is 481. The minimum absolute atomic E-state index is 0.00343. The highest BCUT2D eigenvalue weighted by Gasteiger charge is 2.45. The first-order chi connectivity index (χ1) is 9.04. The number of likely N-dealkylation sites (tertiary alicyclic amines) is 1. The zero-order valence-electron chi connectivity index (χ0n) is 11.0. The lowest BCUT2D eigenvalue weighted by molar-refractivity contribution is -0.143. The number of furan rings is 1. The number of amides is 1. The first kappa shape index (κ1) is 13.6. The Morgan fingerprint density at radius 3 is 2.84 bits per heavy atom. The van der Waals surface area contributed by atoms with Gasteiger partial charge in [-0.1, -0.05) is 0 Å². The molecule has 1 aliphatic rings. The normalized spacial score (nSPS) is 23.1. The lowest BCUT2D eigenvalue weighted by atomic mass is 9.98. The molecule has 6 nitrogen and oxygen atoms in total. The summed E-state index contributed by atoms with van der Waals surface area (Å²) in [6.07, 6.45) is 0.00343. The fourth-order valence-corrected chi connectivity index (χ4v) is 2.43. The highest BCUT2D eigenvalue weighted by Crippen LogP contribution is 2.38. The molecule has 0 aromatic carbocycles. The van der Waals surface area contributed by atoms with E-state index in [4.69, 9.17) is 9.15 Å². The molecule has 0 radical (unpaired) electrons. The Morgan fingerprint density at radius 1 is 1.58 bits per heavy atom. The number of carboxylic acid groups (broad SMARTS) is 1. The summed E-state index contributed by atoms with van der Waals surface area (Å²) in [5.41, 5.74) is 0. The molecule has 6 heteroatoms. The molecule has 0 spiro atoms. The molecule has 1 saturated heterocycles. The molecule has 2 rings (SSSR count). The molecule has 1 aromatic heterocycles. The van der Waals surface area contributed by atoms with Crippen LogP contribution < -0.4 is 0 Å². The molecule has 0 aliphatic carbocycles. The van der Waals surface area contributed by atoms with E-state index in [2.05, 4.69) is 0 Å². The van der Waals surface area contributed by atoms with Gasteiger partial charge in [0.25, 0.3) is 0 Å². The highest BCUT2D eigenvalue weighted by molar-refractivity contribution is 5.87. The maximum absolute atomic E-state index is 12.0. The average molecular weight is 267 g/mol. The molecule has 1 aliphatic heterocycles. The fourth-order valence-electron chi connectivity index (χ4n) is 2.43. The first-order valence-corrected chi connectivity index (χ1v) is 6.12. The first-order valence-electron chi connectivity index (χ1n) is 6.12. The van der Waals surface area contributed by atoms with Gasteiger partial charge in [0.1, 0.15) is 17.6 Å². The van der Waals surface area contributed by atoms with Crippen LogP contribution in [-0.4, -0.2) is 42.1 Å². The predicted molar refractivity (Wildman–Crippen MR) is 65.5 cm³/mol. The van der Waals surface area contributed by atoms with Crippen LogP contribution in [0.5, 0.6) is 0 Å². The molecule has 2 unspecified atom stereocenters. The third-order valence-electron chi connectivity index (χ3n) is 3.34. The summed E-state index contributed by atoms with van der Waals surface area (Å²) in [5, 5.41) is 9.26. The number of ether oxygens (including phenoxy) is 1. The highest BCUT2D eigenvalue weighted by atomic mass is 16.5. The largest absolute Gasteiger partial charge is 0.481 e. The number of hydrogen-bond acceptors (Lipinski definition) is 4. The van der Waals surface area contributed by atoms with Crippen molar-refractivity contribution >= 4 is 11.9 Å². The number of methoxy groups -OCH3 is 1. The summed E-state index contributed by atoms with van der Waals surface area (Å²) in [6, 6.07) is 2.95. The Morgan fingerprint density at radius 2 is 2.32 bits per heavy atom. The number of carboxylic acids is 1. The molecule has 19 heavy (non-hydrogen) atoms. The van der Waals surface area contributed by atoms with Gasteiger partial charge in [0.05, 0.1) is 12.5 Å². The van der Waals surface area contributed by atoms with Crippen LogP contribution in [0.25, 0.3) is 0 Å². The Kier molecular flexibility index (Phi) is 3.90. The van der Waals surface area contributed by atoms with Crippen molar-refractivity contribution in [1.29, 1.82) is 0 Å². The van der Waals surface area contributed by atoms with Crippen molar-refractivity contribution in [2.24, 2.45) is 5.92 Å². The second-order valence-corrected chi connectivity index (χ2v) is 4.62. The number of aliphatic carboxylic acids is 1. The van der Waals surface area contributed by atoms with E-state index < -0.39 is 17.9 Å². The zero-order chi connectivity index (χ0) is 14.0. The summed E-state index contributed by atoms with van der Waals surface area (Å²) in [4.78, 5) is 24.8. The molecule has 1 fully saturated rings. The van der Waals surface area contributed by atoms with Gasteiger partial charge in [-0.3, -0.25) is 9.59 Å². The van der Waals surface area contributed by atoms with Crippen molar-refractivity contribution in [2.75, 3.05) is 20.3 Å². The molecular formula is C13H17NO5. The minimum atomic E-state index is -0.979. The number of rotatable bonds is 5. The van der Waals surface area contributed by atoms with Crippen molar-refractivity contribution in [1.82, 2.24) is 4.90 Å². The van der Waals surface area contributed by atoms with E-state index in [-0.39, 0.29) is 12.3 Å². The lowest BCUT2D eigenvalue weighted by Gasteiger charge is -2.24. The number of carbonyl (C=O) groups excluding carboxylic acids is 1. The Balaban J connectivity index is 2.30. The maximum atomic E-state index is 12.0. The van der Waals surface area contributed by atoms with E-state index in [0.29, 0.717) is 24.7 Å². The van der Waals surface area contributed by atoms with Crippen LogP contribution in [0.15, 0.2) is 16.5 Å². The van der Waals surface area contributed by atoms with E-state index in [1.54, 1.807) is 26.2 Å². The second-order valence-electron chi connectivity index (χ2n) is 4.62. The third-order valence-corrected chi connectivity index (χ3v) is 3.34. The van der Waals surface area contributed by atoms with Gasteiger partial charge < -0.3 is 19.2 Å². The maximum Gasteiger partial charge on any atom is 0.309 e. The third kappa shape index (κ3) is 2.63. The van der Waals surface area contributed by atoms with Gasteiger partial charge in [0.15, 0.2) is 0 Å². The van der Waals surface area contributed by atoms with Crippen molar-refractivity contribution in [3.8, 4) is 0 Å². The summed E-state index contributed by atoms with van der Waals surface area (Å²) >= 11 is 0. The molecule has 1 amide bonds. The van der Waals surface area contributed by atoms with Crippen molar-refractivity contribution < 1.29 is 23.8 Å². The average Bonchev–Trinajstić information content (AvgIpc) is 2.90. The van der Waals surface area contributed by atoms with Crippen LogP contribution in [0.4, 0.5) is 0 Å². The predicted octanol–water partition coefficient (Wildman–Crippen LogP) is 1.21.